The van der Waals surface area contributed by atoms with Crippen LogP contribution >= 0.6 is 11.6 Å². The minimum absolute atomic E-state index is 0.0540. The standard InChI is InChI=1S/C23H23ClN2O6S/c1-14-12-26(13-15(2)31-14)23-22(25-21(32-23)16-3-5-17(24)6-4-16)33(27,28)18-7-8-19-20(11-18)30-10-9-29-19/h3-8,11,14-15H,9-10,12-13H2,1-2H3. The zero-order valence-electron chi connectivity index (χ0n) is 18.2. The van der Waals surface area contributed by atoms with Gasteiger partial charge in [-0.1, -0.05) is 11.6 Å². The Kier molecular flexibility index (Phi) is 5.72. The zero-order chi connectivity index (χ0) is 23.2. The van der Waals surface area contributed by atoms with Crippen molar-refractivity contribution >= 4 is 27.3 Å². The lowest BCUT2D eigenvalue weighted by Gasteiger charge is -2.35. The molecule has 1 saturated heterocycles. The highest BCUT2D eigenvalue weighted by Crippen LogP contribution is 2.39. The Balaban J connectivity index is 1.62. The van der Waals surface area contributed by atoms with Crippen molar-refractivity contribution in [2.75, 3.05) is 31.2 Å². The molecule has 174 valence electrons. The van der Waals surface area contributed by atoms with Crippen LogP contribution in [-0.2, 0) is 14.6 Å². The van der Waals surface area contributed by atoms with Gasteiger partial charge in [0.25, 0.3) is 0 Å². The first-order valence-electron chi connectivity index (χ1n) is 10.6. The van der Waals surface area contributed by atoms with E-state index in [4.69, 9.17) is 30.2 Å². The second kappa shape index (κ2) is 8.55. The molecule has 2 unspecified atom stereocenters. The summed E-state index contributed by atoms with van der Waals surface area (Å²) in [5.41, 5.74) is 0.624. The van der Waals surface area contributed by atoms with E-state index in [-0.39, 0.29) is 33.9 Å². The highest BCUT2D eigenvalue weighted by molar-refractivity contribution is 7.91. The van der Waals surface area contributed by atoms with Crippen LogP contribution in [0.15, 0.2) is 56.8 Å². The Hall–Kier alpha value is -2.75. The number of hydrogen-bond acceptors (Lipinski definition) is 8. The predicted octanol–water partition coefficient (Wildman–Crippen LogP) is 4.21. The summed E-state index contributed by atoms with van der Waals surface area (Å²) >= 11 is 6.01. The molecule has 0 saturated carbocycles. The van der Waals surface area contributed by atoms with Crippen LogP contribution in [0.4, 0.5) is 5.88 Å². The number of rotatable bonds is 4. The average Bonchev–Trinajstić information content (AvgIpc) is 3.25. The smallest absolute Gasteiger partial charge is 0.236 e. The summed E-state index contributed by atoms with van der Waals surface area (Å²) in [6.45, 7) is 5.61. The first-order chi connectivity index (χ1) is 15.8. The third-order valence-electron chi connectivity index (χ3n) is 5.46. The van der Waals surface area contributed by atoms with Crippen LogP contribution in [0.1, 0.15) is 13.8 Å². The van der Waals surface area contributed by atoms with E-state index >= 15 is 0 Å². The summed E-state index contributed by atoms with van der Waals surface area (Å²) in [5.74, 6) is 1.29. The minimum atomic E-state index is -4.03. The highest BCUT2D eigenvalue weighted by atomic mass is 35.5. The fourth-order valence-corrected chi connectivity index (χ4v) is 5.50. The number of morpholine rings is 1. The molecule has 0 radical (unpaired) electrons. The molecule has 2 atom stereocenters. The van der Waals surface area contributed by atoms with Crippen molar-refractivity contribution in [3.05, 3.63) is 47.5 Å². The Morgan fingerprint density at radius 3 is 2.33 bits per heavy atom. The van der Waals surface area contributed by atoms with Crippen LogP contribution in [0.5, 0.6) is 11.5 Å². The van der Waals surface area contributed by atoms with Gasteiger partial charge < -0.3 is 23.5 Å². The lowest BCUT2D eigenvalue weighted by Crippen LogP contribution is -2.45. The summed E-state index contributed by atoms with van der Waals surface area (Å²) in [7, 11) is -4.03. The van der Waals surface area contributed by atoms with Gasteiger partial charge in [-0.05, 0) is 50.2 Å². The van der Waals surface area contributed by atoms with Crippen molar-refractivity contribution < 1.29 is 27.0 Å². The van der Waals surface area contributed by atoms with Crippen molar-refractivity contribution in [1.29, 1.82) is 0 Å². The topological polar surface area (TPSA) is 91.1 Å². The average molecular weight is 491 g/mol. The second-order valence-corrected chi connectivity index (χ2v) is 10.4. The van der Waals surface area contributed by atoms with Crippen LogP contribution < -0.4 is 14.4 Å². The van der Waals surface area contributed by atoms with Crippen LogP contribution in [0.3, 0.4) is 0 Å². The quantitative estimate of drug-likeness (QED) is 0.537. The number of fused-ring (bicyclic) bond motifs is 1. The van der Waals surface area contributed by atoms with E-state index in [0.717, 1.165) is 0 Å². The first-order valence-corrected chi connectivity index (χ1v) is 12.5. The van der Waals surface area contributed by atoms with Gasteiger partial charge in [-0.2, -0.15) is 4.98 Å². The summed E-state index contributed by atoms with van der Waals surface area (Å²) in [4.78, 5) is 6.37. The number of benzene rings is 2. The number of hydrogen-bond donors (Lipinski definition) is 0. The van der Waals surface area contributed by atoms with Crippen LogP contribution in [0.25, 0.3) is 11.5 Å². The normalized spacial score (nSPS) is 20.6. The van der Waals surface area contributed by atoms with Crippen molar-refractivity contribution in [1.82, 2.24) is 4.98 Å². The molecule has 8 nitrogen and oxygen atoms in total. The van der Waals surface area contributed by atoms with Crippen molar-refractivity contribution in [2.24, 2.45) is 0 Å². The predicted molar refractivity (Wildman–Crippen MR) is 122 cm³/mol. The van der Waals surface area contributed by atoms with Gasteiger partial charge in [0.05, 0.1) is 17.1 Å². The van der Waals surface area contributed by atoms with E-state index in [1.54, 1.807) is 30.3 Å². The number of anilines is 1. The summed E-state index contributed by atoms with van der Waals surface area (Å²) < 4.78 is 50.5. The lowest BCUT2D eigenvalue weighted by atomic mass is 10.2. The van der Waals surface area contributed by atoms with Crippen molar-refractivity contribution in [3.63, 3.8) is 0 Å². The molecular formula is C23H23ClN2O6S. The van der Waals surface area contributed by atoms with Gasteiger partial charge in [-0.25, -0.2) is 8.42 Å². The molecule has 5 rings (SSSR count). The summed E-state index contributed by atoms with van der Waals surface area (Å²) in [6.07, 6.45) is -0.189. The van der Waals surface area contributed by atoms with Gasteiger partial charge >= 0.3 is 0 Å². The third kappa shape index (κ3) is 4.28. The fourth-order valence-electron chi connectivity index (χ4n) is 4.04. The maximum Gasteiger partial charge on any atom is 0.236 e. The van der Waals surface area contributed by atoms with Crippen molar-refractivity contribution in [2.45, 2.75) is 36.0 Å². The van der Waals surface area contributed by atoms with E-state index in [2.05, 4.69) is 4.98 Å². The number of ether oxygens (including phenoxy) is 3. The maximum absolute atomic E-state index is 13.7. The SMILES string of the molecule is CC1CN(c2oc(-c3ccc(Cl)cc3)nc2S(=O)(=O)c2ccc3c(c2)OCCO3)CC(C)O1. The van der Waals surface area contributed by atoms with E-state index in [1.165, 1.54) is 12.1 Å². The molecule has 1 aromatic heterocycles. The number of aromatic nitrogens is 1. The number of nitrogens with zero attached hydrogens (tertiary/aromatic N) is 2. The number of sulfone groups is 1. The molecule has 3 aromatic rings. The molecule has 1 fully saturated rings. The van der Waals surface area contributed by atoms with Gasteiger partial charge in [0.15, 0.2) is 11.5 Å². The number of halogens is 1. The molecule has 0 aliphatic carbocycles. The van der Waals surface area contributed by atoms with Crippen LogP contribution in [0.2, 0.25) is 5.02 Å². The van der Waals surface area contributed by atoms with Crippen molar-refractivity contribution in [3.8, 4) is 23.0 Å². The molecule has 2 aromatic carbocycles. The third-order valence-corrected chi connectivity index (χ3v) is 7.36. The molecule has 0 bridgehead atoms. The Labute approximate surface area is 196 Å². The van der Waals surface area contributed by atoms with E-state index in [1.807, 2.05) is 18.7 Å². The monoisotopic (exact) mass is 490 g/mol. The van der Waals surface area contributed by atoms with E-state index < -0.39 is 9.84 Å². The Bertz CT molecular complexity index is 1260. The van der Waals surface area contributed by atoms with Crippen LogP contribution in [-0.4, -0.2) is 51.9 Å². The lowest BCUT2D eigenvalue weighted by molar-refractivity contribution is -0.00657. The maximum atomic E-state index is 13.7. The molecular weight excluding hydrogens is 468 g/mol. The molecule has 0 N–H and O–H groups in total. The van der Waals surface area contributed by atoms with Gasteiger partial charge in [0.2, 0.25) is 26.6 Å². The molecule has 2 aliphatic heterocycles. The number of oxazole rings is 1. The van der Waals surface area contributed by atoms with E-state index in [0.29, 0.717) is 48.4 Å². The molecule has 33 heavy (non-hydrogen) atoms. The molecule has 10 heteroatoms. The molecule has 2 aliphatic rings. The highest BCUT2D eigenvalue weighted by Gasteiger charge is 2.35. The van der Waals surface area contributed by atoms with Gasteiger partial charge in [-0.15, -0.1) is 0 Å². The van der Waals surface area contributed by atoms with Gasteiger partial charge in [-0.3, -0.25) is 0 Å². The summed E-state index contributed by atoms with van der Waals surface area (Å²) in [6, 6.07) is 11.4. The van der Waals surface area contributed by atoms with E-state index in [9.17, 15) is 8.42 Å². The zero-order valence-corrected chi connectivity index (χ0v) is 19.7. The minimum Gasteiger partial charge on any atom is -0.486 e. The fraction of sp³-hybridized carbons (Fsp3) is 0.348. The molecule has 3 heterocycles. The Morgan fingerprint density at radius 1 is 0.970 bits per heavy atom. The largest absolute Gasteiger partial charge is 0.486 e. The Morgan fingerprint density at radius 2 is 1.64 bits per heavy atom. The second-order valence-electron chi connectivity index (χ2n) is 8.11. The molecule has 0 spiro atoms. The first kappa shape index (κ1) is 22.1. The van der Waals surface area contributed by atoms with Gasteiger partial charge in [0, 0.05) is 29.7 Å². The van der Waals surface area contributed by atoms with Gasteiger partial charge in [0.1, 0.15) is 13.2 Å². The molecule has 0 amide bonds. The summed E-state index contributed by atoms with van der Waals surface area (Å²) in [5, 5.41) is 0.413. The van der Waals surface area contributed by atoms with Crippen LogP contribution in [0, 0.1) is 0 Å².